The maximum atomic E-state index is 12.2. The predicted molar refractivity (Wildman–Crippen MR) is 106 cm³/mol. The van der Waals surface area contributed by atoms with Crippen LogP contribution in [0.3, 0.4) is 0 Å². The molecule has 3 rings (SSSR count). The van der Waals surface area contributed by atoms with Crippen LogP contribution in [0.25, 0.3) is 11.1 Å². The van der Waals surface area contributed by atoms with Gasteiger partial charge in [-0.1, -0.05) is 67.6 Å². The second-order valence-corrected chi connectivity index (χ2v) is 7.19. The molecular weight excluding hydrogens is 307 g/mol. The van der Waals surface area contributed by atoms with Crippen LogP contribution >= 0.6 is 0 Å². The third-order valence-electron chi connectivity index (χ3n) is 5.53. The molecule has 1 saturated carbocycles. The van der Waals surface area contributed by atoms with Gasteiger partial charge in [0.15, 0.2) is 0 Å². The van der Waals surface area contributed by atoms with Gasteiger partial charge in [0, 0.05) is 0 Å². The second-order valence-electron chi connectivity index (χ2n) is 7.19. The molecule has 2 aromatic rings. The van der Waals surface area contributed by atoms with Crippen molar-refractivity contribution in [2.24, 2.45) is 5.92 Å². The quantitative estimate of drug-likeness (QED) is 0.493. The molecule has 0 atom stereocenters. The summed E-state index contributed by atoms with van der Waals surface area (Å²) >= 11 is 0. The highest BCUT2D eigenvalue weighted by Gasteiger charge is 2.20. The molecule has 25 heavy (non-hydrogen) atoms. The lowest BCUT2D eigenvalue weighted by Gasteiger charge is -2.27. The Kier molecular flexibility index (Phi) is 6.44. The fourth-order valence-electron chi connectivity index (χ4n) is 3.88. The summed E-state index contributed by atoms with van der Waals surface area (Å²) in [5.74, 6) is 1.33. The van der Waals surface area contributed by atoms with Crippen LogP contribution < -0.4 is 0 Å². The lowest BCUT2D eigenvalue weighted by molar-refractivity contribution is 0.375. The van der Waals surface area contributed by atoms with E-state index in [0.717, 1.165) is 6.42 Å². The molecular formula is C24H29F. The van der Waals surface area contributed by atoms with E-state index in [1.54, 1.807) is 0 Å². The van der Waals surface area contributed by atoms with E-state index in [9.17, 15) is 4.39 Å². The first-order valence-corrected chi connectivity index (χ1v) is 9.72. The van der Waals surface area contributed by atoms with Gasteiger partial charge < -0.3 is 0 Å². The molecule has 0 heterocycles. The van der Waals surface area contributed by atoms with Crippen molar-refractivity contribution in [2.75, 3.05) is 6.67 Å². The zero-order chi connectivity index (χ0) is 17.5. The van der Waals surface area contributed by atoms with Gasteiger partial charge in [0.2, 0.25) is 0 Å². The highest BCUT2D eigenvalue weighted by atomic mass is 19.1. The zero-order valence-corrected chi connectivity index (χ0v) is 15.3. The van der Waals surface area contributed by atoms with Crippen molar-refractivity contribution >= 4 is 0 Å². The van der Waals surface area contributed by atoms with Gasteiger partial charge in [-0.3, -0.25) is 4.39 Å². The van der Waals surface area contributed by atoms with E-state index in [-0.39, 0.29) is 6.67 Å². The number of alkyl halides is 1. The van der Waals surface area contributed by atoms with Crippen molar-refractivity contribution in [3.63, 3.8) is 0 Å². The van der Waals surface area contributed by atoms with E-state index < -0.39 is 0 Å². The first-order valence-electron chi connectivity index (χ1n) is 9.72. The molecule has 0 aliphatic heterocycles. The van der Waals surface area contributed by atoms with E-state index in [4.69, 9.17) is 0 Å². The highest BCUT2D eigenvalue weighted by Crippen LogP contribution is 2.37. The second kappa shape index (κ2) is 8.99. The van der Waals surface area contributed by atoms with Crippen molar-refractivity contribution < 1.29 is 4.39 Å². The van der Waals surface area contributed by atoms with E-state index in [0.29, 0.717) is 18.3 Å². The summed E-state index contributed by atoms with van der Waals surface area (Å²) in [5, 5.41) is 0. The Morgan fingerprint density at radius 2 is 1.48 bits per heavy atom. The van der Waals surface area contributed by atoms with Crippen LogP contribution in [0.15, 0.2) is 60.7 Å². The molecule has 0 amide bonds. The summed E-state index contributed by atoms with van der Waals surface area (Å²) in [6.07, 6.45) is 10.9. The molecule has 1 fully saturated rings. The van der Waals surface area contributed by atoms with Gasteiger partial charge in [-0.2, -0.15) is 0 Å². The fourth-order valence-corrected chi connectivity index (χ4v) is 3.88. The summed E-state index contributed by atoms with van der Waals surface area (Å²) < 4.78 is 12.2. The third-order valence-corrected chi connectivity index (χ3v) is 5.53. The normalized spacial score (nSPS) is 20.9. The van der Waals surface area contributed by atoms with Crippen LogP contribution in [0.5, 0.6) is 0 Å². The average molecular weight is 336 g/mol. The molecule has 0 aromatic heterocycles. The fraction of sp³-hybridized carbons (Fsp3) is 0.417. The van der Waals surface area contributed by atoms with Crippen LogP contribution in [-0.4, -0.2) is 6.67 Å². The number of hydrogen-bond donors (Lipinski definition) is 0. The Hall–Kier alpha value is -1.89. The van der Waals surface area contributed by atoms with Gasteiger partial charge in [-0.15, -0.1) is 0 Å². The van der Waals surface area contributed by atoms with E-state index in [1.165, 1.54) is 47.9 Å². The monoisotopic (exact) mass is 336 g/mol. The van der Waals surface area contributed by atoms with E-state index in [1.807, 2.05) is 6.08 Å². The summed E-state index contributed by atoms with van der Waals surface area (Å²) in [4.78, 5) is 0. The van der Waals surface area contributed by atoms with Gasteiger partial charge in [-0.25, -0.2) is 0 Å². The SMILES string of the molecule is CCc1ccc(-c2ccc([C@H]3CC[C@H](/C=C/CCF)CC3)cc2)cc1. The number of hydrogen-bond acceptors (Lipinski definition) is 0. The summed E-state index contributed by atoms with van der Waals surface area (Å²) in [5.41, 5.74) is 5.46. The minimum Gasteiger partial charge on any atom is -0.251 e. The van der Waals surface area contributed by atoms with Crippen molar-refractivity contribution in [2.45, 2.75) is 51.4 Å². The van der Waals surface area contributed by atoms with Gasteiger partial charge >= 0.3 is 0 Å². The van der Waals surface area contributed by atoms with Crippen LogP contribution in [0.2, 0.25) is 0 Å². The maximum Gasteiger partial charge on any atom is 0.0928 e. The summed E-state index contributed by atoms with van der Waals surface area (Å²) in [7, 11) is 0. The van der Waals surface area contributed by atoms with Crippen molar-refractivity contribution in [3.05, 3.63) is 71.8 Å². The Morgan fingerprint density at radius 1 is 0.880 bits per heavy atom. The van der Waals surface area contributed by atoms with E-state index >= 15 is 0 Å². The van der Waals surface area contributed by atoms with Gasteiger partial charge in [0.05, 0.1) is 6.67 Å². The largest absolute Gasteiger partial charge is 0.251 e. The number of benzene rings is 2. The molecule has 0 spiro atoms. The van der Waals surface area contributed by atoms with Crippen molar-refractivity contribution in [3.8, 4) is 11.1 Å². The Bertz CT molecular complexity index is 658. The molecule has 1 aliphatic carbocycles. The summed E-state index contributed by atoms with van der Waals surface area (Å²) in [6.45, 7) is 1.95. The molecule has 0 saturated heterocycles. The smallest absolute Gasteiger partial charge is 0.0928 e. The zero-order valence-electron chi connectivity index (χ0n) is 15.3. The molecule has 0 bridgehead atoms. The number of allylic oxidation sites excluding steroid dienone is 2. The maximum absolute atomic E-state index is 12.2. The number of rotatable bonds is 6. The topological polar surface area (TPSA) is 0 Å². The Balaban J connectivity index is 1.59. The summed E-state index contributed by atoms with van der Waals surface area (Å²) in [6, 6.07) is 18.1. The number of aryl methyl sites for hydroxylation is 1. The van der Waals surface area contributed by atoms with E-state index in [2.05, 4.69) is 61.5 Å². The third kappa shape index (κ3) is 4.81. The lowest BCUT2D eigenvalue weighted by Crippen LogP contribution is -2.11. The molecule has 2 aromatic carbocycles. The highest BCUT2D eigenvalue weighted by molar-refractivity contribution is 5.64. The first-order chi connectivity index (χ1) is 12.3. The van der Waals surface area contributed by atoms with Crippen LogP contribution in [0, 0.1) is 5.92 Å². The van der Waals surface area contributed by atoms with Crippen LogP contribution in [-0.2, 0) is 6.42 Å². The molecule has 1 aliphatic rings. The first kappa shape index (κ1) is 17.9. The molecule has 0 unspecified atom stereocenters. The molecule has 0 nitrogen and oxygen atoms in total. The van der Waals surface area contributed by atoms with Gasteiger partial charge in [0.25, 0.3) is 0 Å². The molecule has 1 heteroatoms. The Labute approximate surface area is 151 Å². The van der Waals surface area contributed by atoms with Gasteiger partial charge in [0.1, 0.15) is 0 Å². The average Bonchev–Trinajstić information content (AvgIpc) is 2.69. The Morgan fingerprint density at radius 3 is 2.04 bits per heavy atom. The number of halogens is 1. The lowest BCUT2D eigenvalue weighted by atomic mass is 9.78. The molecule has 0 radical (unpaired) electrons. The minimum absolute atomic E-state index is 0.237. The van der Waals surface area contributed by atoms with Crippen molar-refractivity contribution in [1.82, 2.24) is 0 Å². The van der Waals surface area contributed by atoms with Gasteiger partial charge in [-0.05, 0) is 72.6 Å². The predicted octanol–water partition coefficient (Wildman–Crippen LogP) is 7.11. The van der Waals surface area contributed by atoms with Crippen LogP contribution in [0.1, 0.15) is 56.1 Å². The van der Waals surface area contributed by atoms with Crippen LogP contribution in [0.4, 0.5) is 4.39 Å². The molecule has 132 valence electrons. The molecule has 0 N–H and O–H groups in total. The minimum atomic E-state index is -0.237. The standard InChI is InChI=1S/C24H29F/c1-2-19-6-10-21(11-7-19)23-14-16-24(17-15-23)22-12-8-20(9-13-22)5-3-4-18-25/h3,5-7,10-11,14-17,20,22H,2,4,8-9,12-13,18H2,1H3/b5-3+/t20-,22-. The van der Waals surface area contributed by atoms with Crippen molar-refractivity contribution in [1.29, 1.82) is 0 Å².